The molecule has 1 rings (SSSR count). The third-order valence-corrected chi connectivity index (χ3v) is 2.18. The fourth-order valence-electron chi connectivity index (χ4n) is 1.23. The number of ether oxygens (including phenoxy) is 1. The number of amides is 1. The van der Waals surface area contributed by atoms with Crippen molar-refractivity contribution >= 4 is 11.9 Å². The topological polar surface area (TPSA) is 75.6 Å². The predicted molar refractivity (Wildman–Crippen MR) is 61.4 cm³/mol. The first-order valence-electron chi connectivity index (χ1n) is 5.30. The molecule has 0 atom stereocenters. The summed E-state index contributed by atoms with van der Waals surface area (Å²) >= 11 is 0. The number of aliphatic carboxylic acids is 1. The van der Waals surface area contributed by atoms with E-state index >= 15 is 0 Å². The minimum absolute atomic E-state index is 0.173. The average Bonchev–Trinajstić information content (AvgIpc) is 2.30. The summed E-state index contributed by atoms with van der Waals surface area (Å²) in [5, 5.41) is 10.8. The van der Waals surface area contributed by atoms with Crippen molar-refractivity contribution in [2.75, 3.05) is 13.2 Å². The van der Waals surface area contributed by atoms with E-state index in [1.54, 1.807) is 19.1 Å². The summed E-state index contributed by atoms with van der Waals surface area (Å²) < 4.78 is 17.8. The quantitative estimate of drug-likeness (QED) is 0.790. The van der Waals surface area contributed by atoms with Crippen molar-refractivity contribution in [3.05, 3.63) is 35.1 Å². The summed E-state index contributed by atoms with van der Waals surface area (Å²) in [4.78, 5) is 21.4. The van der Waals surface area contributed by atoms with Gasteiger partial charge >= 0.3 is 5.97 Å². The molecular weight excluding hydrogens is 241 g/mol. The van der Waals surface area contributed by atoms with Gasteiger partial charge in [0, 0.05) is 6.54 Å². The summed E-state index contributed by atoms with van der Waals surface area (Å²) in [6.07, 6.45) is 0. The van der Waals surface area contributed by atoms with Gasteiger partial charge in [-0.1, -0.05) is 12.1 Å². The van der Waals surface area contributed by atoms with E-state index in [2.05, 4.69) is 10.1 Å². The van der Waals surface area contributed by atoms with Gasteiger partial charge in [0.15, 0.2) is 0 Å². The van der Waals surface area contributed by atoms with Gasteiger partial charge in [0.2, 0.25) is 5.91 Å². The highest BCUT2D eigenvalue weighted by molar-refractivity contribution is 5.77. The van der Waals surface area contributed by atoms with Crippen LogP contribution in [0.5, 0.6) is 0 Å². The van der Waals surface area contributed by atoms with E-state index < -0.39 is 18.5 Å². The SMILES string of the molecule is Cc1ccc(CNC(=O)COCC(=O)O)cc1F. The summed E-state index contributed by atoms with van der Waals surface area (Å²) in [6, 6.07) is 4.67. The van der Waals surface area contributed by atoms with Crippen LogP contribution >= 0.6 is 0 Å². The van der Waals surface area contributed by atoms with Crippen molar-refractivity contribution in [1.82, 2.24) is 5.32 Å². The maximum atomic E-state index is 13.2. The van der Waals surface area contributed by atoms with Crippen LogP contribution in [0.3, 0.4) is 0 Å². The largest absolute Gasteiger partial charge is 0.480 e. The van der Waals surface area contributed by atoms with Gasteiger partial charge in [-0.05, 0) is 24.1 Å². The number of hydrogen-bond acceptors (Lipinski definition) is 3. The van der Waals surface area contributed by atoms with E-state index in [0.29, 0.717) is 11.1 Å². The van der Waals surface area contributed by atoms with Gasteiger partial charge < -0.3 is 15.2 Å². The molecule has 1 aromatic rings. The number of hydrogen-bond donors (Lipinski definition) is 2. The van der Waals surface area contributed by atoms with Crippen molar-refractivity contribution in [2.45, 2.75) is 13.5 Å². The number of nitrogens with one attached hydrogen (secondary N) is 1. The van der Waals surface area contributed by atoms with Crippen LogP contribution in [0.25, 0.3) is 0 Å². The van der Waals surface area contributed by atoms with Gasteiger partial charge in [-0.2, -0.15) is 0 Å². The van der Waals surface area contributed by atoms with Crippen LogP contribution in [0.2, 0.25) is 0 Å². The Hall–Kier alpha value is -1.95. The Bertz CT molecular complexity index is 448. The average molecular weight is 255 g/mol. The van der Waals surface area contributed by atoms with Gasteiger partial charge in [0.05, 0.1) is 0 Å². The molecule has 1 amide bonds. The Morgan fingerprint density at radius 3 is 2.72 bits per heavy atom. The van der Waals surface area contributed by atoms with Crippen LogP contribution in [0, 0.1) is 12.7 Å². The van der Waals surface area contributed by atoms with E-state index in [9.17, 15) is 14.0 Å². The van der Waals surface area contributed by atoms with Gasteiger partial charge in [0.1, 0.15) is 19.0 Å². The van der Waals surface area contributed by atoms with Crippen molar-refractivity contribution in [3.63, 3.8) is 0 Å². The van der Waals surface area contributed by atoms with E-state index in [1.165, 1.54) is 6.07 Å². The van der Waals surface area contributed by atoms with Crippen LogP contribution in [-0.2, 0) is 20.9 Å². The lowest BCUT2D eigenvalue weighted by Crippen LogP contribution is -2.28. The van der Waals surface area contributed by atoms with Crippen LogP contribution in [0.4, 0.5) is 4.39 Å². The first-order valence-corrected chi connectivity index (χ1v) is 5.30. The third-order valence-electron chi connectivity index (χ3n) is 2.18. The molecule has 0 saturated heterocycles. The number of carboxylic acids is 1. The van der Waals surface area contributed by atoms with Crippen molar-refractivity contribution < 1.29 is 23.8 Å². The molecule has 0 aromatic heterocycles. The molecule has 0 unspecified atom stereocenters. The zero-order valence-corrected chi connectivity index (χ0v) is 9.90. The van der Waals surface area contributed by atoms with Crippen molar-refractivity contribution in [1.29, 1.82) is 0 Å². The number of benzene rings is 1. The Kier molecular flexibility index (Phi) is 5.26. The minimum Gasteiger partial charge on any atom is -0.480 e. The van der Waals surface area contributed by atoms with Gasteiger partial charge in [0.25, 0.3) is 0 Å². The van der Waals surface area contributed by atoms with E-state index in [1.807, 2.05) is 0 Å². The highest BCUT2D eigenvalue weighted by Gasteiger charge is 2.04. The van der Waals surface area contributed by atoms with Gasteiger partial charge in [-0.25, -0.2) is 9.18 Å². The molecule has 0 bridgehead atoms. The molecule has 5 nitrogen and oxygen atoms in total. The molecule has 0 fully saturated rings. The predicted octanol–water partition coefficient (Wildman–Crippen LogP) is 0.852. The first kappa shape index (κ1) is 14.1. The maximum Gasteiger partial charge on any atom is 0.329 e. The molecule has 18 heavy (non-hydrogen) atoms. The zero-order valence-electron chi connectivity index (χ0n) is 9.90. The second kappa shape index (κ2) is 6.70. The third kappa shape index (κ3) is 4.92. The van der Waals surface area contributed by atoms with Crippen LogP contribution < -0.4 is 5.32 Å². The standard InChI is InChI=1S/C12H14FNO4/c1-8-2-3-9(4-10(8)13)5-14-11(15)6-18-7-12(16)17/h2-4H,5-7H2,1H3,(H,14,15)(H,16,17). The molecule has 0 spiro atoms. The van der Waals surface area contributed by atoms with Crippen LogP contribution in [0.1, 0.15) is 11.1 Å². The second-order valence-corrected chi connectivity index (χ2v) is 3.75. The lowest BCUT2D eigenvalue weighted by Gasteiger charge is -2.06. The lowest BCUT2D eigenvalue weighted by atomic mass is 10.1. The normalized spacial score (nSPS) is 10.1. The number of halogens is 1. The summed E-state index contributed by atoms with van der Waals surface area (Å²) in [5.41, 5.74) is 1.17. The van der Waals surface area contributed by atoms with E-state index in [0.717, 1.165) is 0 Å². The molecule has 0 saturated carbocycles. The number of carbonyl (C=O) groups excluding carboxylic acids is 1. The monoisotopic (exact) mass is 255 g/mol. The highest BCUT2D eigenvalue weighted by atomic mass is 19.1. The smallest absolute Gasteiger partial charge is 0.329 e. The fourth-order valence-corrected chi connectivity index (χ4v) is 1.23. The van der Waals surface area contributed by atoms with Crippen LogP contribution in [-0.4, -0.2) is 30.2 Å². The number of carbonyl (C=O) groups is 2. The zero-order chi connectivity index (χ0) is 13.5. The summed E-state index contributed by atoms with van der Waals surface area (Å²) in [6.45, 7) is 0.969. The molecule has 0 aliphatic rings. The minimum atomic E-state index is -1.14. The van der Waals surface area contributed by atoms with Crippen LogP contribution in [0.15, 0.2) is 18.2 Å². The molecule has 0 aliphatic carbocycles. The highest BCUT2D eigenvalue weighted by Crippen LogP contribution is 2.08. The van der Waals surface area contributed by atoms with Gasteiger partial charge in [-0.3, -0.25) is 4.79 Å². The van der Waals surface area contributed by atoms with Crippen molar-refractivity contribution in [2.24, 2.45) is 0 Å². The van der Waals surface area contributed by atoms with E-state index in [-0.39, 0.29) is 19.0 Å². The Balaban J connectivity index is 2.33. The molecule has 98 valence electrons. The molecule has 0 heterocycles. The number of carboxylic acid groups (broad SMARTS) is 1. The lowest BCUT2D eigenvalue weighted by molar-refractivity contribution is -0.143. The second-order valence-electron chi connectivity index (χ2n) is 3.75. The summed E-state index contributed by atoms with van der Waals surface area (Å²) in [7, 11) is 0. The molecular formula is C12H14FNO4. The number of aryl methyl sites for hydroxylation is 1. The summed E-state index contributed by atoms with van der Waals surface area (Å²) in [5.74, 6) is -1.91. The van der Waals surface area contributed by atoms with Gasteiger partial charge in [-0.15, -0.1) is 0 Å². The molecule has 0 radical (unpaired) electrons. The molecule has 1 aromatic carbocycles. The van der Waals surface area contributed by atoms with E-state index in [4.69, 9.17) is 5.11 Å². The Labute approximate surface area is 104 Å². The molecule has 2 N–H and O–H groups in total. The molecule has 0 aliphatic heterocycles. The Morgan fingerprint density at radius 1 is 1.39 bits per heavy atom. The first-order chi connectivity index (χ1) is 8.49. The number of rotatable bonds is 6. The fraction of sp³-hybridized carbons (Fsp3) is 0.333. The maximum absolute atomic E-state index is 13.2. The molecule has 6 heteroatoms. The van der Waals surface area contributed by atoms with Crippen molar-refractivity contribution in [3.8, 4) is 0 Å². The Morgan fingerprint density at radius 2 is 2.11 bits per heavy atom.